The Hall–Kier alpha value is -1.04. The molecule has 1 aliphatic carbocycles. The van der Waals surface area contributed by atoms with Crippen molar-refractivity contribution in [3.63, 3.8) is 0 Å². The maximum Gasteiger partial charge on any atom is 0.268 e. The highest BCUT2D eigenvalue weighted by Gasteiger charge is 2.28. The van der Waals surface area contributed by atoms with Crippen LogP contribution < -0.4 is 5.32 Å². The molecule has 1 aliphatic rings. The van der Waals surface area contributed by atoms with Gasteiger partial charge in [-0.05, 0) is 18.9 Å². The van der Waals surface area contributed by atoms with E-state index in [4.69, 9.17) is 21.4 Å². The smallest absolute Gasteiger partial charge is 0.268 e. The Labute approximate surface area is 111 Å². The van der Waals surface area contributed by atoms with Crippen LogP contribution >= 0.6 is 11.6 Å². The number of nitrogens with one attached hydrogen (secondary N) is 1. The lowest BCUT2D eigenvalue weighted by molar-refractivity contribution is 0.0831. The molecule has 1 aromatic rings. The number of amides is 1. The van der Waals surface area contributed by atoms with Crippen LogP contribution in [0.25, 0.3) is 0 Å². The van der Waals surface area contributed by atoms with Crippen molar-refractivity contribution in [2.24, 2.45) is 0 Å². The molecule has 18 heavy (non-hydrogen) atoms. The van der Waals surface area contributed by atoms with Crippen molar-refractivity contribution in [3.8, 4) is 0 Å². The third kappa shape index (κ3) is 3.04. The Morgan fingerprint density at radius 3 is 3.00 bits per heavy atom. The predicted molar refractivity (Wildman–Crippen MR) is 67.9 cm³/mol. The molecule has 1 unspecified atom stereocenters. The third-order valence-corrected chi connectivity index (χ3v) is 3.12. The Morgan fingerprint density at radius 1 is 1.72 bits per heavy atom. The zero-order chi connectivity index (χ0) is 13.1. The lowest BCUT2D eigenvalue weighted by atomic mass is 10.3. The second-order valence-electron chi connectivity index (χ2n) is 4.49. The first-order valence-electron chi connectivity index (χ1n) is 5.93. The average Bonchev–Trinajstić information content (AvgIpc) is 3.11. The van der Waals surface area contributed by atoms with Crippen LogP contribution in [0, 0.1) is 0 Å². The van der Waals surface area contributed by atoms with E-state index in [2.05, 4.69) is 5.32 Å². The number of halogens is 1. The minimum atomic E-state index is -0.399. The Bertz CT molecular complexity index is 429. The van der Waals surface area contributed by atoms with Crippen molar-refractivity contribution in [3.05, 3.63) is 23.0 Å². The molecular weight excluding hydrogens is 256 g/mol. The first-order valence-corrected chi connectivity index (χ1v) is 6.31. The van der Waals surface area contributed by atoms with E-state index in [0.717, 1.165) is 12.8 Å². The van der Waals surface area contributed by atoms with Crippen LogP contribution in [0.4, 0.5) is 0 Å². The fraction of sp³-hybridized carbons (Fsp3) is 0.583. The largest absolute Gasteiger partial charge is 0.394 e. The van der Waals surface area contributed by atoms with Gasteiger partial charge in [0, 0.05) is 19.3 Å². The van der Waals surface area contributed by atoms with E-state index in [1.807, 2.05) is 4.57 Å². The van der Waals surface area contributed by atoms with E-state index in [1.165, 1.54) is 7.11 Å². The monoisotopic (exact) mass is 272 g/mol. The zero-order valence-electron chi connectivity index (χ0n) is 10.2. The first-order chi connectivity index (χ1) is 8.65. The van der Waals surface area contributed by atoms with Crippen molar-refractivity contribution in [1.82, 2.24) is 9.88 Å². The van der Waals surface area contributed by atoms with E-state index in [1.54, 1.807) is 12.3 Å². The van der Waals surface area contributed by atoms with Gasteiger partial charge in [-0.15, -0.1) is 0 Å². The molecule has 2 N–H and O–H groups in total. The number of aliphatic hydroxyl groups excluding tert-OH is 1. The Balaban J connectivity index is 2.08. The van der Waals surface area contributed by atoms with E-state index in [-0.39, 0.29) is 19.1 Å². The summed E-state index contributed by atoms with van der Waals surface area (Å²) in [5.41, 5.74) is 0.539. The van der Waals surface area contributed by atoms with E-state index in [0.29, 0.717) is 16.8 Å². The van der Waals surface area contributed by atoms with Crippen LogP contribution in [0.3, 0.4) is 0 Å². The number of aliphatic hydroxyl groups is 1. The van der Waals surface area contributed by atoms with Crippen molar-refractivity contribution >= 4 is 17.5 Å². The Kier molecular flexibility index (Phi) is 4.27. The summed E-state index contributed by atoms with van der Waals surface area (Å²) in [6.07, 6.45) is 3.93. The zero-order valence-corrected chi connectivity index (χ0v) is 11.0. The molecule has 1 amide bonds. The molecule has 1 saturated carbocycles. The SMILES string of the molecule is COCC(CO)NC(=O)c1cc(Cl)cn1C1CC1. The van der Waals surface area contributed by atoms with Gasteiger partial charge in [0.05, 0.1) is 24.3 Å². The minimum Gasteiger partial charge on any atom is -0.394 e. The summed E-state index contributed by atoms with van der Waals surface area (Å²) >= 11 is 5.94. The molecule has 6 heteroatoms. The molecule has 0 aromatic carbocycles. The second-order valence-corrected chi connectivity index (χ2v) is 4.93. The Morgan fingerprint density at radius 2 is 2.44 bits per heavy atom. The van der Waals surface area contributed by atoms with Gasteiger partial charge in [-0.2, -0.15) is 0 Å². The molecule has 1 aromatic heterocycles. The molecule has 0 bridgehead atoms. The number of hydrogen-bond acceptors (Lipinski definition) is 3. The summed E-state index contributed by atoms with van der Waals surface area (Å²) in [5.74, 6) is -0.232. The van der Waals surface area contributed by atoms with E-state index in [9.17, 15) is 4.79 Å². The summed E-state index contributed by atoms with van der Waals surface area (Å²) < 4.78 is 6.82. The van der Waals surface area contributed by atoms with Gasteiger partial charge in [0.2, 0.25) is 0 Å². The molecule has 1 heterocycles. The molecule has 1 fully saturated rings. The molecular formula is C12H17ClN2O3. The number of aromatic nitrogens is 1. The molecule has 0 saturated heterocycles. The van der Waals surface area contributed by atoms with Crippen LogP contribution in [0.1, 0.15) is 29.4 Å². The average molecular weight is 273 g/mol. The van der Waals surface area contributed by atoms with Crippen molar-refractivity contribution < 1.29 is 14.6 Å². The van der Waals surface area contributed by atoms with Crippen LogP contribution in [0.2, 0.25) is 5.02 Å². The summed E-state index contributed by atoms with van der Waals surface area (Å²) in [4.78, 5) is 12.1. The van der Waals surface area contributed by atoms with Gasteiger partial charge < -0.3 is 19.7 Å². The number of carbonyl (C=O) groups is 1. The first kappa shape index (κ1) is 13.4. The highest BCUT2D eigenvalue weighted by molar-refractivity contribution is 6.31. The van der Waals surface area contributed by atoms with Crippen molar-refractivity contribution in [2.45, 2.75) is 24.9 Å². The number of ether oxygens (including phenoxy) is 1. The normalized spacial score (nSPS) is 16.6. The third-order valence-electron chi connectivity index (χ3n) is 2.91. The number of hydrogen-bond donors (Lipinski definition) is 2. The molecule has 100 valence electrons. The highest BCUT2D eigenvalue weighted by atomic mass is 35.5. The van der Waals surface area contributed by atoms with Gasteiger partial charge in [0.25, 0.3) is 5.91 Å². The van der Waals surface area contributed by atoms with Gasteiger partial charge in [0.15, 0.2) is 0 Å². The molecule has 1 atom stereocenters. The van der Waals surface area contributed by atoms with Crippen LogP contribution in [0.15, 0.2) is 12.3 Å². The van der Waals surface area contributed by atoms with Gasteiger partial charge in [-0.3, -0.25) is 4.79 Å². The fourth-order valence-electron chi connectivity index (χ4n) is 1.88. The number of methoxy groups -OCH3 is 1. The maximum absolute atomic E-state index is 12.1. The summed E-state index contributed by atoms with van der Waals surface area (Å²) in [6, 6.07) is 1.63. The second kappa shape index (κ2) is 5.73. The van der Waals surface area contributed by atoms with Crippen LogP contribution in [-0.2, 0) is 4.74 Å². The maximum atomic E-state index is 12.1. The van der Waals surface area contributed by atoms with Gasteiger partial charge >= 0.3 is 0 Å². The number of nitrogens with zero attached hydrogens (tertiary/aromatic N) is 1. The highest BCUT2D eigenvalue weighted by Crippen LogP contribution is 2.37. The minimum absolute atomic E-state index is 0.155. The van der Waals surface area contributed by atoms with E-state index < -0.39 is 6.04 Å². The van der Waals surface area contributed by atoms with E-state index >= 15 is 0 Å². The summed E-state index contributed by atoms with van der Waals surface area (Å²) in [6.45, 7) is 0.123. The quantitative estimate of drug-likeness (QED) is 0.818. The molecule has 5 nitrogen and oxygen atoms in total. The number of carbonyl (C=O) groups excluding carboxylic acids is 1. The lowest BCUT2D eigenvalue weighted by Gasteiger charge is -2.16. The topological polar surface area (TPSA) is 63.5 Å². The van der Waals surface area contributed by atoms with Gasteiger partial charge in [0.1, 0.15) is 5.69 Å². The molecule has 0 radical (unpaired) electrons. The van der Waals surface area contributed by atoms with Gasteiger partial charge in [-0.1, -0.05) is 11.6 Å². The summed E-state index contributed by atoms with van der Waals surface area (Å²) in [5, 5.41) is 12.4. The summed E-state index contributed by atoms with van der Waals surface area (Å²) in [7, 11) is 1.53. The number of rotatable bonds is 6. The molecule has 2 rings (SSSR count). The van der Waals surface area contributed by atoms with Crippen molar-refractivity contribution in [2.75, 3.05) is 20.3 Å². The lowest BCUT2D eigenvalue weighted by Crippen LogP contribution is -2.41. The molecule has 0 spiro atoms. The van der Waals surface area contributed by atoms with Crippen LogP contribution in [-0.4, -0.2) is 41.9 Å². The fourth-order valence-corrected chi connectivity index (χ4v) is 2.09. The van der Waals surface area contributed by atoms with Crippen LogP contribution in [0.5, 0.6) is 0 Å². The van der Waals surface area contributed by atoms with Crippen molar-refractivity contribution in [1.29, 1.82) is 0 Å². The molecule has 0 aliphatic heterocycles. The van der Waals surface area contributed by atoms with Gasteiger partial charge in [-0.25, -0.2) is 0 Å². The predicted octanol–water partition coefficient (Wildman–Crippen LogP) is 1.21. The standard InChI is InChI=1S/C12H17ClN2O3/c1-18-7-9(6-16)14-12(17)11-4-8(13)5-15(11)10-2-3-10/h4-5,9-10,16H,2-3,6-7H2,1H3,(H,14,17).